The third kappa shape index (κ3) is 17.7. The number of hydrogen-bond donors (Lipinski definition) is 2. The van der Waals surface area contributed by atoms with Gasteiger partial charge >= 0.3 is 5.97 Å². The summed E-state index contributed by atoms with van der Waals surface area (Å²) in [4.78, 5) is 11.4. The quantitative estimate of drug-likeness (QED) is 0.161. The molecular formula is C21H40O4. The van der Waals surface area contributed by atoms with E-state index in [1.54, 1.807) is 0 Å². The monoisotopic (exact) mass is 356 g/mol. The van der Waals surface area contributed by atoms with Gasteiger partial charge < -0.3 is 14.9 Å². The molecule has 0 saturated heterocycles. The van der Waals surface area contributed by atoms with Crippen LogP contribution < -0.4 is 0 Å². The molecule has 0 spiro atoms. The summed E-state index contributed by atoms with van der Waals surface area (Å²) in [7, 11) is 0. The van der Waals surface area contributed by atoms with Gasteiger partial charge in [-0.05, 0) is 39.0 Å². The first kappa shape index (κ1) is 24.1. The Morgan fingerprint density at radius 3 is 1.84 bits per heavy atom. The lowest BCUT2D eigenvalue weighted by molar-refractivity contribution is -0.184. The van der Waals surface area contributed by atoms with E-state index >= 15 is 0 Å². The average Bonchev–Trinajstić information content (AvgIpc) is 2.58. The Balaban J connectivity index is 3.28. The molecule has 4 nitrogen and oxygen atoms in total. The lowest BCUT2D eigenvalue weighted by Crippen LogP contribution is -2.28. The second kappa shape index (κ2) is 17.9. The standard InChI is InChI=1S/C21H40O4/c1-3-4-5-6-7-8-9-10-11-12-13-14-15-16-17-18-20(23)25-21(24)19(2)22/h10-11,19,21-22,24H,3-9,12-18H2,1-2H3/b11-10-. The van der Waals surface area contributed by atoms with Crippen molar-refractivity contribution in [1.29, 1.82) is 0 Å². The minimum atomic E-state index is -1.41. The van der Waals surface area contributed by atoms with Gasteiger partial charge in [-0.2, -0.15) is 0 Å². The van der Waals surface area contributed by atoms with Crippen LogP contribution in [0.1, 0.15) is 104 Å². The van der Waals surface area contributed by atoms with Crippen molar-refractivity contribution >= 4 is 5.97 Å². The number of carbonyl (C=O) groups excluding carboxylic acids is 1. The summed E-state index contributed by atoms with van der Waals surface area (Å²) >= 11 is 0. The molecule has 0 aliphatic carbocycles. The van der Waals surface area contributed by atoms with Crippen LogP contribution in [-0.4, -0.2) is 28.6 Å². The topological polar surface area (TPSA) is 66.8 Å². The predicted octanol–water partition coefficient (Wildman–Crippen LogP) is 5.27. The van der Waals surface area contributed by atoms with Crippen LogP contribution in [0.4, 0.5) is 0 Å². The van der Waals surface area contributed by atoms with E-state index in [0.717, 1.165) is 25.7 Å². The summed E-state index contributed by atoms with van der Waals surface area (Å²) in [6.45, 7) is 3.64. The number of carbonyl (C=O) groups is 1. The molecule has 2 atom stereocenters. The van der Waals surface area contributed by atoms with Crippen molar-refractivity contribution in [2.75, 3.05) is 0 Å². The maximum absolute atomic E-state index is 11.4. The molecule has 0 rings (SSSR count). The number of aliphatic hydroxyl groups excluding tert-OH is 2. The molecular weight excluding hydrogens is 316 g/mol. The van der Waals surface area contributed by atoms with Gasteiger partial charge in [-0.15, -0.1) is 0 Å². The molecule has 0 aliphatic rings. The smallest absolute Gasteiger partial charge is 0.308 e. The van der Waals surface area contributed by atoms with Gasteiger partial charge in [0.05, 0.1) is 0 Å². The summed E-state index contributed by atoms with van der Waals surface area (Å²) < 4.78 is 4.69. The van der Waals surface area contributed by atoms with Gasteiger partial charge in [0.2, 0.25) is 6.29 Å². The van der Waals surface area contributed by atoms with Gasteiger partial charge in [0.1, 0.15) is 6.10 Å². The Kier molecular flexibility index (Phi) is 17.3. The Hall–Kier alpha value is -0.870. The summed E-state index contributed by atoms with van der Waals surface area (Å²) in [6, 6.07) is 0. The van der Waals surface area contributed by atoms with Gasteiger partial charge in [-0.3, -0.25) is 4.79 Å². The first-order valence-electron chi connectivity index (χ1n) is 10.3. The molecule has 0 aromatic carbocycles. The normalized spacial score (nSPS) is 13.9. The minimum Gasteiger partial charge on any atom is -0.433 e. The van der Waals surface area contributed by atoms with Crippen LogP contribution in [0.3, 0.4) is 0 Å². The molecule has 2 N–H and O–H groups in total. The summed E-state index contributed by atoms with van der Waals surface area (Å²) in [5.74, 6) is -0.439. The molecule has 148 valence electrons. The Morgan fingerprint density at radius 2 is 1.32 bits per heavy atom. The zero-order valence-corrected chi connectivity index (χ0v) is 16.4. The van der Waals surface area contributed by atoms with Crippen molar-refractivity contribution in [1.82, 2.24) is 0 Å². The van der Waals surface area contributed by atoms with E-state index in [0.29, 0.717) is 6.42 Å². The van der Waals surface area contributed by atoms with Crippen LogP contribution in [0.15, 0.2) is 12.2 Å². The Morgan fingerprint density at radius 1 is 0.840 bits per heavy atom. The molecule has 0 radical (unpaired) electrons. The van der Waals surface area contributed by atoms with Crippen molar-refractivity contribution in [3.63, 3.8) is 0 Å². The Bertz CT molecular complexity index is 326. The molecule has 0 saturated carbocycles. The zero-order valence-electron chi connectivity index (χ0n) is 16.4. The zero-order chi connectivity index (χ0) is 18.8. The lowest BCUT2D eigenvalue weighted by atomic mass is 10.1. The van der Waals surface area contributed by atoms with E-state index in [9.17, 15) is 9.90 Å². The van der Waals surface area contributed by atoms with Crippen molar-refractivity contribution in [2.45, 2.75) is 116 Å². The molecule has 0 aliphatic heterocycles. The van der Waals surface area contributed by atoms with Gasteiger partial charge in [0.25, 0.3) is 0 Å². The van der Waals surface area contributed by atoms with Crippen molar-refractivity contribution in [3.05, 3.63) is 12.2 Å². The molecule has 0 bridgehead atoms. The first-order chi connectivity index (χ1) is 12.1. The van der Waals surface area contributed by atoms with E-state index in [4.69, 9.17) is 5.11 Å². The van der Waals surface area contributed by atoms with Gasteiger partial charge in [0, 0.05) is 6.42 Å². The maximum Gasteiger partial charge on any atom is 0.308 e. The molecule has 0 heterocycles. The van der Waals surface area contributed by atoms with E-state index in [1.807, 2.05) is 0 Å². The maximum atomic E-state index is 11.4. The molecule has 0 amide bonds. The number of esters is 1. The highest BCUT2D eigenvalue weighted by Crippen LogP contribution is 2.10. The first-order valence-corrected chi connectivity index (χ1v) is 10.3. The largest absolute Gasteiger partial charge is 0.433 e. The number of ether oxygens (including phenoxy) is 1. The fourth-order valence-corrected chi connectivity index (χ4v) is 2.63. The van der Waals surface area contributed by atoms with Gasteiger partial charge in [-0.1, -0.05) is 70.4 Å². The fraction of sp³-hybridized carbons (Fsp3) is 0.857. The van der Waals surface area contributed by atoms with Crippen LogP contribution >= 0.6 is 0 Å². The number of aliphatic hydroxyl groups is 2. The number of allylic oxidation sites excluding steroid dienone is 2. The number of hydrogen-bond acceptors (Lipinski definition) is 4. The molecule has 2 unspecified atom stereocenters. The van der Waals surface area contributed by atoms with Gasteiger partial charge in [0.15, 0.2) is 0 Å². The van der Waals surface area contributed by atoms with Crippen molar-refractivity contribution in [2.24, 2.45) is 0 Å². The highest BCUT2D eigenvalue weighted by Gasteiger charge is 2.15. The third-order valence-electron chi connectivity index (χ3n) is 4.31. The molecule has 0 aromatic heterocycles. The van der Waals surface area contributed by atoms with Crippen LogP contribution in [-0.2, 0) is 9.53 Å². The third-order valence-corrected chi connectivity index (χ3v) is 4.31. The minimum absolute atomic E-state index is 0.307. The predicted molar refractivity (Wildman–Crippen MR) is 103 cm³/mol. The van der Waals surface area contributed by atoms with Gasteiger partial charge in [-0.25, -0.2) is 0 Å². The summed E-state index contributed by atoms with van der Waals surface area (Å²) in [6.07, 6.45) is 18.3. The van der Waals surface area contributed by atoms with E-state index < -0.39 is 18.4 Å². The lowest BCUT2D eigenvalue weighted by Gasteiger charge is -2.14. The Labute approximate surface area is 154 Å². The van der Waals surface area contributed by atoms with Crippen LogP contribution in [0.5, 0.6) is 0 Å². The SMILES string of the molecule is CCCCCCCC/C=C\CCCCCCCC(=O)OC(O)C(C)O. The number of rotatable bonds is 17. The van der Waals surface area contributed by atoms with E-state index in [1.165, 1.54) is 64.7 Å². The second-order valence-electron chi connectivity index (χ2n) is 6.96. The molecule has 4 heteroatoms. The highest BCUT2D eigenvalue weighted by molar-refractivity contribution is 5.69. The van der Waals surface area contributed by atoms with Crippen molar-refractivity contribution < 1.29 is 19.7 Å². The van der Waals surface area contributed by atoms with Crippen LogP contribution in [0, 0.1) is 0 Å². The average molecular weight is 357 g/mol. The van der Waals surface area contributed by atoms with E-state index in [2.05, 4.69) is 23.8 Å². The van der Waals surface area contributed by atoms with Crippen molar-refractivity contribution in [3.8, 4) is 0 Å². The molecule has 25 heavy (non-hydrogen) atoms. The second-order valence-corrected chi connectivity index (χ2v) is 6.96. The number of unbranched alkanes of at least 4 members (excludes halogenated alkanes) is 11. The summed E-state index contributed by atoms with van der Waals surface area (Å²) in [5.41, 5.74) is 0. The molecule has 0 fully saturated rings. The van der Waals surface area contributed by atoms with E-state index in [-0.39, 0.29) is 0 Å². The van der Waals surface area contributed by atoms with Crippen LogP contribution in [0.2, 0.25) is 0 Å². The fourth-order valence-electron chi connectivity index (χ4n) is 2.63. The summed E-state index contributed by atoms with van der Waals surface area (Å²) in [5, 5.41) is 18.3. The molecule has 0 aromatic rings. The highest BCUT2D eigenvalue weighted by atomic mass is 16.6. The van der Waals surface area contributed by atoms with Crippen LogP contribution in [0.25, 0.3) is 0 Å².